The molecule has 0 saturated heterocycles. The molecule has 6 aromatic carbocycles. The van der Waals surface area contributed by atoms with Crippen LogP contribution in [0.25, 0.3) is 78.5 Å². The van der Waals surface area contributed by atoms with Gasteiger partial charge in [0.1, 0.15) is 0 Å². The first kappa shape index (κ1) is 29.7. The molecule has 0 saturated carbocycles. The van der Waals surface area contributed by atoms with Crippen molar-refractivity contribution in [2.75, 3.05) is 0 Å². The minimum Gasteiger partial charge on any atom is -0.309 e. The summed E-state index contributed by atoms with van der Waals surface area (Å²) in [6, 6.07) is 52.3. The van der Waals surface area contributed by atoms with Crippen LogP contribution in [0.4, 0.5) is 0 Å². The van der Waals surface area contributed by atoms with E-state index in [2.05, 4.69) is 100 Å². The first-order chi connectivity index (χ1) is 25.2. The zero-order valence-corrected chi connectivity index (χ0v) is 27.3. The van der Waals surface area contributed by atoms with E-state index in [1.807, 2.05) is 85.0 Å². The topological polar surface area (TPSA) is 81.2 Å². The summed E-state index contributed by atoms with van der Waals surface area (Å²) < 4.78 is 4.43. The Kier molecular flexibility index (Phi) is 6.96. The summed E-state index contributed by atoms with van der Waals surface area (Å²) in [6.07, 6.45) is 7.94. The third-order valence-electron chi connectivity index (χ3n) is 9.85. The van der Waals surface area contributed by atoms with Gasteiger partial charge in [-0.3, -0.25) is 0 Å². The summed E-state index contributed by atoms with van der Waals surface area (Å²) in [4.78, 5) is 0. The Morgan fingerprint density at radius 1 is 0.510 bits per heavy atom. The fourth-order valence-corrected chi connectivity index (χ4v) is 7.53. The smallest absolute Gasteiger partial charge is 0.0998 e. The number of hydrogen-bond donors (Lipinski definition) is 0. The van der Waals surface area contributed by atoms with Crippen LogP contribution >= 0.6 is 0 Å². The van der Waals surface area contributed by atoms with E-state index in [9.17, 15) is 15.8 Å². The van der Waals surface area contributed by atoms with Gasteiger partial charge in [-0.2, -0.15) is 15.8 Å². The van der Waals surface area contributed by atoms with Crippen LogP contribution < -0.4 is 0 Å². The highest BCUT2D eigenvalue weighted by atomic mass is 15.0. The molecule has 1 unspecified atom stereocenters. The van der Waals surface area contributed by atoms with Gasteiger partial charge in [-0.1, -0.05) is 97.1 Å². The molecule has 0 bridgehead atoms. The average Bonchev–Trinajstić information content (AvgIpc) is 3.59. The standard InChI is InChI=1S/C46H27N5/c47-27-30-15-22-39-37-10-2-4-13-42(37)51(43(39)24-17-30)44-14-6-9-35(29-49)46(44)34-8-5-7-33(26-34)32-18-20-36(21-19-32)50-41-12-3-1-11-38(41)40-23-16-31(28-48)25-45(40)50/h1-26,30H. The van der Waals surface area contributed by atoms with Gasteiger partial charge < -0.3 is 9.13 Å². The van der Waals surface area contributed by atoms with Crippen molar-refractivity contribution >= 4 is 44.9 Å². The van der Waals surface area contributed by atoms with Crippen LogP contribution in [0.1, 0.15) is 22.4 Å². The molecule has 8 aromatic rings. The molecule has 0 fully saturated rings. The molecule has 0 amide bonds. The maximum Gasteiger partial charge on any atom is 0.0998 e. The molecule has 236 valence electrons. The molecule has 1 aliphatic rings. The number of aromatic nitrogens is 2. The predicted molar refractivity (Wildman–Crippen MR) is 205 cm³/mol. The lowest BCUT2D eigenvalue weighted by molar-refractivity contribution is 1.09. The Morgan fingerprint density at radius 2 is 1.22 bits per heavy atom. The maximum absolute atomic E-state index is 10.4. The van der Waals surface area contributed by atoms with E-state index in [0.29, 0.717) is 11.1 Å². The van der Waals surface area contributed by atoms with Crippen LogP contribution in [-0.4, -0.2) is 9.13 Å². The lowest BCUT2D eigenvalue weighted by Gasteiger charge is -2.17. The van der Waals surface area contributed by atoms with Crippen molar-refractivity contribution in [1.29, 1.82) is 15.8 Å². The Balaban J connectivity index is 1.18. The van der Waals surface area contributed by atoms with Gasteiger partial charge in [0.25, 0.3) is 0 Å². The average molecular weight is 650 g/mol. The Bertz CT molecular complexity index is 2890. The molecule has 0 N–H and O–H groups in total. The lowest BCUT2D eigenvalue weighted by atomic mass is 9.94. The van der Waals surface area contributed by atoms with Crippen molar-refractivity contribution in [3.63, 3.8) is 0 Å². The van der Waals surface area contributed by atoms with Gasteiger partial charge in [-0.05, 0) is 77.4 Å². The highest BCUT2D eigenvalue weighted by Gasteiger charge is 2.21. The highest BCUT2D eigenvalue weighted by molar-refractivity contribution is 6.09. The molecule has 9 rings (SSSR count). The summed E-state index contributed by atoms with van der Waals surface area (Å²) >= 11 is 0. The second kappa shape index (κ2) is 11.9. The van der Waals surface area contributed by atoms with Crippen molar-refractivity contribution in [2.45, 2.75) is 0 Å². The number of para-hydroxylation sites is 2. The molecule has 0 spiro atoms. The second-order valence-electron chi connectivity index (χ2n) is 12.7. The monoisotopic (exact) mass is 649 g/mol. The molecule has 0 radical (unpaired) electrons. The summed E-state index contributed by atoms with van der Waals surface area (Å²) in [7, 11) is 0. The van der Waals surface area contributed by atoms with Crippen molar-refractivity contribution in [2.24, 2.45) is 5.92 Å². The largest absolute Gasteiger partial charge is 0.309 e. The maximum atomic E-state index is 10.4. The first-order valence-electron chi connectivity index (χ1n) is 16.7. The number of nitrogens with zero attached hydrogens (tertiary/aromatic N) is 5. The van der Waals surface area contributed by atoms with E-state index < -0.39 is 0 Å². The minimum atomic E-state index is -0.317. The SMILES string of the molecule is N#Cc1ccc2c3ccccc3n(-c3ccc(-c4cccc(-c5c(C#N)cccc5-n5c6c(c7ccccc75)C=CC(C#N)C=C6)c4)cc3)c2c1. The number of rotatable bonds is 4. The van der Waals surface area contributed by atoms with E-state index in [4.69, 9.17) is 0 Å². The van der Waals surface area contributed by atoms with E-state index in [1.165, 1.54) is 0 Å². The van der Waals surface area contributed by atoms with E-state index in [-0.39, 0.29) is 5.92 Å². The minimum absolute atomic E-state index is 0.317. The van der Waals surface area contributed by atoms with Crippen molar-refractivity contribution in [3.8, 4) is 51.8 Å². The number of fused-ring (bicyclic) bond motifs is 6. The summed E-state index contributed by atoms with van der Waals surface area (Å²) in [5, 5.41) is 33.1. The van der Waals surface area contributed by atoms with Crippen LogP contribution in [0.5, 0.6) is 0 Å². The normalized spacial score (nSPS) is 13.5. The van der Waals surface area contributed by atoms with Crippen LogP contribution in [0.3, 0.4) is 0 Å². The van der Waals surface area contributed by atoms with Gasteiger partial charge in [0.05, 0.1) is 63.2 Å². The fourth-order valence-electron chi connectivity index (χ4n) is 7.53. The van der Waals surface area contributed by atoms with Crippen LogP contribution in [-0.2, 0) is 0 Å². The quantitative estimate of drug-likeness (QED) is 0.190. The molecule has 2 aromatic heterocycles. The Labute approximate surface area is 294 Å². The van der Waals surface area contributed by atoms with Gasteiger partial charge >= 0.3 is 0 Å². The van der Waals surface area contributed by atoms with Gasteiger partial charge in [-0.25, -0.2) is 0 Å². The zero-order valence-electron chi connectivity index (χ0n) is 27.3. The molecule has 2 heterocycles. The third kappa shape index (κ3) is 4.75. The molecule has 5 heteroatoms. The number of benzene rings is 6. The number of hydrogen-bond acceptors (Lipinski definition) is 3. The molecule has 51 heavy (non-hydrogen) atoms. The molecule has 1 aliphatic carbocycles. The van der Waals surface area contributed by atoms with Crippen LogP contribution in [0.2, 0.25) is 0 Å². The van der Waals surface area contributed by atoms with Crippen molar-refractivity contribution < 1.29 is 0 Å². The summed E-state index contributed by atoms with van der Waals surface area (Å²) in [5.41, 5.74) is 12.1. The van der Waals surface area contributed by atoms with Crippen molar-refractivity contribution in [1.82, 2.24) is 9.13 Å². The third-order valence-corrected chi connectivity index (χ3v) is 9.85. The molecular formula is C46H27N5. The molecule has 0 aliphatic heterocycles. The van der Waals surface area contributed by atoms with E-state index >= 15 is 0 Å². The van der Waals surface area contributed by atoms with Crippen LogP contribution in [0, 0.1) is 39.9 Å². The highest BCUT2D eigenvalue weighted by Crippen LogP contribution is 2.40. The van der Waals surface area contributed by atoms with Gasteiger partial charge in [0, 0.05) is 33.0 Å². The van der Waals surface area contributed by atoms with Gasteiger partial charge in [-0.15, -0.1) is 0 Å². The first-order valence-corrected chi connectivity index (χ1v) is 16.7. The number of nitriles is 3. The predicted octanol–water partition coefficient (Wildman–Crippen LogP) is 11.0. The Hall–Kier alpha value is -7.39. The van der Waals surface area contributed by atoms with E-state index in [1.54, 1.807) is 0 Å². The zero-order chi connectivity index (χ0) is 34.5. The Morgan fingerprint density at radius 3 is 2.00 bits per heavy atom. The summed E-state index contributed by atoms with van der Waals surface area (Å²) in [6.45, 7) is 0. The molecule has 5 nitrogen and oxygen atoms in total. The second-order valence-corrected chi connectivity index (χ2v) is 12.7. The number of allylic oxidation sites excluding steroid dienone is 2. The lowest BCUT2D eigenvalue weighted by Crippen LogP contribution is -2.02. The van der Waals surface area contributed by atoms with Gasteiger partial charge in [0.2, 0.25) is 0 Å². The fraction of sp³-hybridized carbons (Fsp3) is 0.0217. The van der Waals surface area contributed by atoms with E-state index in [0.717, 1.165) is 77.6 Å². The molecule has 1 atom stereocenters. The van der Waals surface area contributed by atoms with Crippen molar-refractivity contribution in [3.05, 3.63) is 168 Å². The van der Waals surface area contributed by atoms with Crippen LogP contribution in [0.15, 0.2) is 146 Å². The van der Waals surface area contributed by atoms with Gasteiger partial charge in [0.15, 0.2) is 0 Å². The molecular weight excluding hydrogens is 623 g/mol. The summed E-state index contributed by atoms with van der Waals surface area (Å²) in [5.74, 6) is -0.317.